The van der Waals surface area contributed by atoms with Crippen molar-refractivity contribution in [3.63, 3.8) is 0 Å². The monoisotopic (exact) mass is 430 g/mol. The minimum atomic E-state index is -0.289. The van der Waals surface area contributed by atoms with Crippen LogP contribution in [0.5, 0.6) is 0 Å². The molecule has 1 atom stereocenters. The van der Waals surface area contributed by atoms with Crippen LogP contribution in [0.4, 0.5) is 11.4 Å². The fraction of sp³-hybridized carbons (Fsp3) is 0.154. The van der Waals surface area contributed by atoms with Crippen LogP contribution in [0.2, 0.25) is 0 Å². The predicted octanol–water partition coefficient (Wildman–Crippen LogP) is 6.07. The predicted molar refractivity (Wildman–Crippen MR) is 130 cm³/mol. The molecule has 3 aromatic carbocycles. The summed E-state index contributed by atoms with van der Waals surface area (Å²) in [4.78, 5) is 25.8. The molecule has 3 rings (SSSR count). The molecule has 0 spiro atoms. The van der Waals surface area contributed by atoms with Crippen LogP contribution in [0.15, 0.2) is 83.8 Å². The molecular formula is C26H26N2O2S. The Kier molecular flexibility index (Phi) is 7.68. The first-order valence-electron chi connectivity index (χ1n) is 10.1. The van der Waals surface area contributed by atoms with E-state index in [2.05, 4.69) is 10.6 Å². The van der Waals surface area contributed by atoms with Gasteiger partial charge in [0, 0.05) is 22.3 Å². The molecular weight excluding hydrogens is 404 g/mol. The van der Waals surface area contributed by atoms with Gasteiger partial charge in [-0.25, -0.2) is 0 Å². The molecule has 2 N–H and O–H groups in total. The van der Waals surface area contributed by atoms with E-state index in [1.54, 1.807) is 6.08 Å². The van der Waals surface area contributed by atoms with Crippen molar-refractivity contribution in [3.8, 4) is 0 Å². The second-order valence-electron chi connectivity index (χ2n) is 7.28. The quantitative estimate of drug-likeness (QED) is 0.353. The number of hydrogen-bond donors (Lipinski definition) is 2. The van der Waals surface area contributed by atoms with Crippen molar-refractivity contribution in [3.05, 3.63) is 95.6 Å². The maximum atomic E-state index is 12.7. The summed E-state index contributed by atoms with van der Waals surface area (Å²) < 4.78 is 0. The third kappa shape index (κ3) is 6.59. The van der Waals surface area contributed by atoms with Crippen LogP contribution in [0.25, 0.3) is 6.08 Å². The molecule has 0 radical (unpaired) electrons. The van der Waals surface area contributed by atoms with Crippen molar-refractivity contribution in [2.24, 2.45) is 0 Å². The fourth-order valence-electron chi connectivity index (χ4n) is 3.06. The van der Waals surface area contributed by atoms with Gasteiger partial charge in [0.05, 0.1) is 5.25 Å². The lowest BCUT2D eigenvalue weighted by Crippen LogP contribution is -2.23. The summed E-state index contributed by atoms with van der Waals surface area (Å²) >= 11 is 1.45. The Morgan fingerprint density at radius 2 is 1.55 bits per heavy atom. The van der Waals surface area contributed by atoms with Crippen molar-refractivity contribution in [1.29, 1.82) is 0 Å². The second-order valence-corrected chi connectivity index (χ2v) is 8.69. The third-order valence-corrected chi connectivity index (χ3v) is 5.83. The number of anilines is 2. The van der Waals surface area contributed by atoms with Gasteiger partial charge in [0.1, 0.15) is 0 Å². The first-order chi connectivity index (χ1) is 14.9. The van der Waals surface area contributed by atoms with Gasteiger partial charge in [0.15, 0.2) is 0 Å². The van der Waals surface area contributed by atoms with E-state index in [1.165, 1.54) is 17.8 Å². The molecule has 0 heterocycles. The molecule has 3 aromatic rings. The molecule has 158 valence electrons. The molecule has 0 bridgehead atoms. The number of carbonyl (C=O) groups excluding carboxylic acids is 2. The first kappa shape index (κ1) is 22.4. The van der Waals surface area contributed by atoms with E-state index in [0.717, 1.165) is 27.3 Å². The fourth-order valence-corrected chi connectivity index (χ4v) is 3.99. The Bertz CT molecular complexity index is 1070. The van der Waals surface area contributed by atoms with Crippen LogP contribution in [-0.2, 0) is 9.59 Å². The van der Waals surface area contributed by atoms with E-state index in [-0.39, 0.29) is 17.1 Å². The van der Waals surface area contributed by atoms with Crippen LogP contribution in [0, 0.1) is 13.8 Å². The summed E-state index contributed by atoms with van der Waals surface area (Å²) in [5.74, 6) is -0.255. The lowest BCUT2D eigenvalue weighted by molar-refractivity contribution is -0.115. The van der Waals surface area contributed by atoms with E-state index in [9.17, 15) is 9.59 Å². The highest BCUT2D eigenvalue weighted by Gasteiger charge is 2.16. The SMILES string of the molecule is Cc1cccc(C)c1NC(=O)C(C)Sc1cccc(NC(=O)/C=C/c2ccccc2)c1. The largest absolute Gasteiger partial charge is 0.325 e. The second kappa shape index (κ2) is 10.6. The standard InChI is InChI=1S/C26H26N2O2S/c1-18-9-7-10-19(2)25(18)28-26(30)20(3)31-23-14-8-13-22(17-23)27-24(29)16-15-21-11-5-4-6-12-21/h4-17,20H,1-3H3,(H,27,29)(H,28,30)/b16-15+. The smallest absolute Gasteiger partial charge is 0.248 e. The summed E-state index contributed by atoms with van der Waals surface area (Å²) in [6.45, 7) is 5.85. The molecule has 0 aliphatic carbocycles. The van der Waals surface area contributed by atoms with Crippen LogP contribution in [-0.4, -0.2) is 17.1 Å². The highest BCUT2D eigenvalue weighted by molar-refractivity contribution is 8.00. The molecule has 0 aliphatic rings. The van der Waals surface area contributed by atoms with Gasteiger partial charge >= 0.3 is 0 Å². The maximum Gasteiger partial charge on any atom is 0.248 e. The zero-order valence-corrected chi connectivity index (χ0v) is 18.7. The average Bonchev–Trinajstić information content (AvgIpc) is 2.76. The van der Waals surface area contributed by atoms with Crippen molar-refractivity contribution in [2.45, 2.75) is 30.9 Å². The topological polar surface area (TPSA) is 58.2 Å². The van der Waals surface area contributed by atoms with Gasteiger partial charge < -0.3 is 10.6 Å². The van der Waals surface area contributed by atoms with Gasteiger partial charge in [-0.2, -0.15) is 0 Å². The Morgan fingerprint density at radius 1 is 0.871 bits per heavy atom. The number of benzene rings is 3. The zero-order valence-electron chi connectivity index (χ0n) is 17.9. The van der Waals surface area contributed by atoms with Gasteiger partial charge in [0.25, 0.3) is 0 Å². The highest BCUT2D eigenvalue weighted by atomic mass is 32.2. The van der Waals surface area contributed by atoms with E-state index >= 15 is 0 Å². The number of carbonyl (C=O) groups is 2. The summed E-state index contributed by atoms with van der Waals surface area (Å²) in [5, 5.41) is 5.62. The molecule has 0 aromatic heterocycles. The van der Waals surface area contributed by atoms with E-state index in [0.29, 0.717) is 5.69 Å². The normalized spacial score (nSPS) is 11.8. The Morgan fingerprint density at radius 3 is 2.26 bits per heavy atom. The number of para-hydroxylation sites is 1. The molecule has 0 saturated heterocycles. The summed E-state index contributed by atoms with van der Waals surface area (Å²) in [7, 11) is 0. The molecule has 5 heteroatoms. The number of nitrogens with one attached hydrogen (secondary N) is 2. The number of rotatable bonds is 7. The lowest BCUT2D eigenvalue weighted by atomic mass is 10.1. The van der Waals surface area contributed by atoms with Gasteiger partial charge in [-0.3, -0.25) is 9.59 Å². The van der Waals surface area contributed by atoms with Crippen LogP contribution < -0.4 is 10.6 Å². The Balaban J connectivity index is 1.60. The molecule has 4 nitrogen and oxygen atoms in total. The van der Waals surface area contributed by atoms with Gasteiger partial charge in [-0.15, -0.1) is 11.8 Å². The molecule has 1 unspecified atom stereocenters. The summed E-state index contributed by atoms with van der Waals surface area (Å²) in [5.41, 5.74) is 4.60. The van der Waals surface area contributed by atoms with Gasteiger partial charge in [0.2, 0.25) is 11.8 Å². The summed E-state index contributed by atoms with van der Waals surface area (Å²) in [6, 6.07) is 23.1. The number of amides is 2. The van der Waals surface area contributed by atoms with E-state index < -0.39 is 0 Å². The van der Waals surface area contributed by atoms with Gasteiger partial charge in [-0.1, -0.05) is 54.6 Å². The number of aryl methyl sites for hydroxylation is 2. The number of hydrogen-bond acceptors (Lipinski definition) is 3. The number of thioether (sulfide) groups is 1. The van der Waals surface area contributed by atoms with Crippen LogP contribution in [0.3, 0.4) is 0 Å². The molecule has 0 saturated carbocycles. The zero-order chi connectivity index (χ0) is 22.2. The molecule has 0 fully saturated rings. The van der Waals surface area contributed by atoms with E-state index in [4.69, 9.17) is 0 Å². The minimum absolute atomic E-state index is 0.0531. The molecule has 31 heavy (non-hydrogen) atoms. The van der Waals surface area contributed by atoms with Crippen molar-refractivity contribution >= 4 is 41.0 Å². The lowest BCUT2D eigenvalue weighted by Gasteiger charge is -2.15. The minimum Gasteiger partial charge on any atom is -0.325 e. The maximum absolute atomic E-state index is 12.7. The first-order valence-corrected chi connectivity index (χ1v) is 11.0. The molecule has 0 aliphatic heterocycles. The van der Waals surface area contributed by atoms with E-state index in [1.807, 2.05) is 93.6 Å². The Labute approximate surface area is 187 Å². The van der Waals surface area contributed by atoms with Gasteiger partial charge in [-0.05, 0) is 61.7 Å². The summed E-state index contributed by atoms with van der Waals surface area (Å²) in [6.07, 6.45) is 3.28. The molecule has 2 amide bonds. The van der Waals surface area contributed by atoms with Crippen molar-refractivity contribution in [2.75, 3.05) is 10.6 Å². The Hall–Kier alpha value is -3.31. The van der Waals surface area contributed by atoms with Crippen LogP contribution >= 0.6 is 11.8 Å². The average molecular weight is 431 g/mol. The van der Waals surface area contributed by atoms with Crippen molar-refractivity contribution in [1.82, 2.24) is 0 Å². The third-order valence-electron chi connectivity index (χ3n) is 4.74. The van der Waals surface area contributed by atoms with Crippen molar-refractivity contribution < 1.29 is 9.59 Å². The highest BCUT2D eigenvalue weighted by Crippen LogP contribution is 2.28. The van der Waals surface area contributed by atoms with Crippen LogP contribution in [0.1, 0.15) is 23.6 Å².